The fourth-order valence-corrected chi connectivity index (χ4v) is 3.86. The molecule has 0 bridgehead atoms. The summed E-state index contributed by atoms with van der Waals surface area (Å²) in [5.41, 5.74) is 0.825. The average molecular weight is 343 g/mol. The molecule has 4 heterocycles. The Hall–Kier alpha value is -2.48. The number of aromatic nitrogens is 4. The molecule has 1 N–H and O–H groups in total. The highest BCUT2D eigenvalue weighted by Gasteiger charge is 2.21. The van der Waals surface area contributed by atoms with Crippen molar-refractivity contribution in [2.24, 2.45) is 0 Å². The highest BCUT2D eigenvalue weighted by Crippen LogP contribution is 2.15. The molecule has 1 aliphatic heterocycles. The molecule has 0 aliphatic carbocycles. The molecule has 0 saturated carbocycles. The van der Waals surface area contributed by atoms with Crippen LogP contribution in [0.3, 0.4) is 0 Å². The lowest BCUT2D eigenvalue weighted by molar-refractivity contribution is -0.122. The van der Waals surface area contributed by atoms with Crippen molar-refractivity contribution in [3.05, 3.63) is 45.8 Å². The van der Waals surface area contributed by atoms with Gasteiger partial charge in [0.15, 0.2) is 0 Å². The molecule has 24 heavy (non-hydrogen) atoms. The number of fused-ring (bicyclic) bond motifs is 2. The zero-order valence-corrected chi connectivity index (χ0v) is 14.0. The third kappa shape index (κ3) is 2.73. The summed E-state index contributed by atoms with van der Waals surface area (Å²) in [4.78, 5) is 34.0. The number of hydrogen-bond acceptors (Lipinski definition) is 5. The Balaban J connectivity index is 1.45. The van der Waals surface area contributed by atoms with Crippen LogP contribution in [-0.4, -0.2) is 31.1 Å². The van der Waals surface area contributed by atoms with Gasteiger partial charge in [-0.1, -0.05) is 0 Å². The molecule has 1 atom stereocenters. The van der Waals surface area contributed by atoms with Gasteiger partial charge in [-0.15, -0.1) is 11.3 Å². The van der Waals surface area contributed by atoms with Crippen molar-refractivity contribution >= 4 is 27.5 Å². The number of carbonyl (C=O) groups excluding carboxylic acids is 1. The number of nitrogens with one attached hydrogen (secondary N) is 1. The van der Waals surface area contributed by atoms with E-state index in [1.54, 1.807) is 6.07 Å². The Bertz CT molecular complexity index is 970. The van der Waals surface area contributed by atoms with Crippen LogP contribution in [0.1, 0.15) is 17.9 Å². The maximum Gasteiger partial charge on any atom is 0.262 e. The fraction of sp³-hybridized carbons (Fsp3) is 0.375. The van der Waals surface area contributed by atoms with E-state index in [-0.39, 0.29) is 24.1 Å². The minimum Gasteiger partial charge on any atom is -0.350 e. The van der Waals surface area contributed by atoms with Gasteiger partial charge in [-0.25, -0.2) is 9.97 Å². The first kappa shape index (κ1) is 15.1. The summed E-state index contributed by atoms with van der Waals surface area (Å²) >= 11 is 1.42. The van der Waals surface area contributed by atoms with Crippen LogP contribution in [0, 0.1) is 6.92 Å². The van der Waals surface area contributed by atoms with E-state index in [9.17, 15) is 9.59 Å². The second-order valence-electron chi connectivity index (χ2n) is 6.07. The van der Waals surface area contributed by atoms with Crippen LogP contribution >= 0.6 is 11.3 Å². The normalized spacial score (nSPS) is 17.0. The number of hydrogen-bond donors (Lipinski definition) is 1. The second-order valence-corrected chi connectivity index (χ2v) is 6.97. The lowest BCUT2D eigenvalue weighted by Crippen LogP contribution is -2.43. The number of amides is 1. The number of nitrogens with zero attached hydrogens (tertiary/aromatic N) is 4. The van der Waals surface area contributed by atoms with Gasteiger partial charge in [0.05, 0.1) is 17.4 Å². The zero-order chi connectivity index (χ0) is 16.7. The Labute approximate surface area is 142 Å². The Morgan fingerprint density at radius 3 is 3.25 bits per heavy atom. The smallest absolute Gasteiger partial charge is 0.262 e. The average Bonchev–Trinajstić information content (AvgIpc) is 3.15. The van der Waals surface area contributed by atoms with Crippen LogP contribution in [0.5, 0.6) is 0 Å². The quantitative estimate of drug-likeness (QED) is 0.772. The SMILES string of the molecule is Cc1cn2c(n1)CCC(NC(=O)Cn1cnc3sccc3c1=O)C2. The van der Waals surface area contributed by atoms with E-state index in [1.165, 1.54) is 22.2 Å². The van der Waals surface area contributed by atoms with Crippen molar-refractivity contribution in [3.8, 4) is 0 Å². The largest absolute Gasteiger partial charge is 0.350 e. The second kappa shape index (κ2) is 5.86. The molecular weight excluding hydrogens is 326 g/mol. The molecule has 7 nitrogen and oxygen atoms in total. The number of imidazole rings is 1. The highest BCUT2D eigenvalue weighted by atomic mass is 32.1. The molecule has 3 aromatic heterocycles. The zero-order valence-electron chi connectivity index (χ0n) is 13.2. The van der Waals surface area contributed by atoms with E-state index < -0.39 is 0 Å². The molecule has 0 radical (unpaired) electrons. The number of thiophene rings is 1. The van der Waals surface area contributed by atoms with Gasteiger partial charge in [-0.05, 0) is 24.8 Å². The molecule has 0 aromatic carbocycles. The summed E-state index contributed by atoms with van der Waals surface area (Å²) in [5, 5.41) is 5.41. The molecule has 8 heteroatoms. The van der Waals surface area contributed by atoms with E-state index in [1.807, 2.05) is 18.5 Å². The van der Waals surface area contributed by atoms with Gasteiger partial charge in [-0.2, -0.15) is 0 Å². The van der Waals surface area contributed by atoms with Gasteiger partial charge < -0.3 is 9.88 Å². The predicted molar refractivity (Wildman–Crippen MR) is 91.1 cm³/mol. The number of rotatable bonds is 3. The molecular formula is C16H17N5O2S. The standard InChI is InChI=1S/C16H17N5O2S/c1-10-6-20-7-11(2-3-13(20)18-10)19-14(22)8-21-9-17-15-12(16(21)23)4-5-24-15/h4-6,9,11H,2-3,7-8H2,1H3,(H,19,22). The van der Waals surface area contributed by atoms with Gasteiger partial charge >= 0.3 is 0 Å². The van der Waals surface area contributed by atoms with Crippen molar-refractivity contribution in [1.29, 1.82) is 0 Å². The molecule has 124 valence electrons. The lowest BCUT2D eigenvalue weighted by Gasteiger charge is -2.24. The van der Waals surface area contributed by atoms with Gasteiger partial charge in [-0.3, -0.25) is 14.2 Å². The van der Waals surface area contributed by atoms with Gasteiger partial charge in [0.2, 0.25) is 5.91 Å². The topological polar surface area (TPSA) is 81.8 Å². The Kier molecular flexibility index (Phi) is 3.68. The van der Waals surface area contributed by atoms with Crippen LogP contribution in [0.15, 0.2) is 28.8 Å². The molecule has 1 aliphatic rings. The van der Waals surface area contributed by atoms with E-state index in [0.717, 1.165) is 30.9 Å². The van der Waals surface area contributed by atoms with Crippen molar-refractivity contribution in [1.82, 2.24) is 24.4 Å². The molecule has 4 rings (SSSR count). The van der Waals surface area contributed by atoms with Gasteiger partial charge in [0, 0.05) is 25.2 Å². The van der Waals surface area contributed by atoms with E-state index in [4.69, 9.17) is 0 Å². The predicted octanol–water partition coefficient (Wildman–Crippen LogP) is 1.09. The summed E-state index contributed by atoms with van der Waals surface area (Å²) in [7, 11) is 0. The van der Waals surface area contributed by atoms with Crippen LogP contribution < -0.4 is 10.9 Å². The van der Waals surface area contributed by atoms with Crippen LogP contribution in [0.4, 0.5) is 0 Å². The third-order valence-corrected chi connectivity index (χ3v) is 5.06. The van der Waals surface area contributed by atoms with Crippen molar-refractivity contribution in [2.45, 2.75) is 38.9 Å². The lowest BCUT2D eigenvalue weighted by atomic mass is 10.1. The minimum atomic E-state index is -0.174. The maximum absolute atomic E-state index is 12.3. The van der Waals surface area contributed by atoms with Crippen LogP contribution in [-0.2, 0) is 24.3 Å². The molecule has 0 fully saturated rings. The molecule has 3 aromatic rings. The summed E-state index contributed by atoms with van der Waals surface area (Å²) in [6.45, 7) is 2.68. The van der Waals surface area contributed by atoms with Crippen molar-refractivity contribution < 1.29 is 4.79 Å². The Morgan fingerprint density at radius 1 is 1.50 bits per heavy atom. The molecule has 0 spiro atoms. The molecule has 1 unspecified atom stereocenters. The molecule has 0 saturated heterocycles. The van der Waals surface area contributed by atoms with Gasteiger partial charge in [0.25, 0.3) is 5.56 Å². The van der Waals surface area contributed by atoms with Crippen molar-refractivity contribution in [2.75, 3.05) is 0 Å². The summed E-state index contributed by atoms with van der Waals surface area (Å²) in [6, 6.07) is 1.81. The third-order valence-electron chi connectivity index (χ3n) is 4.24. The summed E-state index contributed by atoms with van der Waals surface area (Å²) in [6.07, 6.45) is 5.16. The van der Waals surface area contributed by atoms with E-state index in [0.29, 0.717) is 10.2 Å². The first-order valence-corrected chi connectivity index (χ1v) is 8.73. The number of carbonyl (C=O) groups is 1. The maximum atomic E-state index is 12.3. The van der Waals surface area contributed by atoms with Crippen LogP contribution in [0.25, 0.3) is 10.2 Å². The number of aryl methyl sites for hydroxylation is 2. The minimum absolute atomic E-state index is 0.00999. The first-order chi connectivity index (χ1) is 11.6. The van der Waals surface area contributed by atoms with E-state index in [2.05, 4.69) is 19.9 Å². The summed E-state index contributed by atoms with van der Waals surface area (Å²) in [5.74, 6) is 0.903. The van der Waals surface area contributed by atoms with Crippen molar-refractivity contribution in [3.63, 3.8) is 0 Å². The first-order valence-electron chi connectivity index (χ1n) is 7.85. The Morgan fingerprint density at radius 2 is 2.38 bits per heavy atom. The van der Waals surface area contributed by atoms with Gasteiger partial charge in [0.1, 0.15) is 17.2 Å². The monoisotopic (exact) mass is 343 g/mol. The summed E-state index contributed by atoms with van der Waals surface area (Å²) < 4.78 is 3.45. The highest BCUT2D eigenvalue weighted by molar-refractivity contribution is 7.16. The van der Waals surface area contributed by atoms with Crippen LogP contribution in [0.2, 0.25) is 0 Å². The molecule has 1 amide bonds. The van der Waals surface area contributed by atoms with E-state index >= 15 is 0 Å². The fourth-order valence-electron chi connectivity index (χ4n) is 3.14.